The fourth-order valence-corrected chi connectivity index (χ4v) is 4.92. The number of nitrogens with one attached hydrogen (secondary N) is 1. The van der Waals surface area contributed by atoms with Crippen LogP contribution >= 0.6 is 0 Å². The standard InChI is InChI=1S/C29H31N5O2/c1-3-22-11-7-8-14-25(22)30-27(35)23-15-19-33(20-16-23)29(36)26-21(2)31-34(24-12-5-4-6-13-24)28(26)32-17-9-10-18-32/h4-14,17-18,23H,3,15-16,19-20H2,1-2H3,(H,30,35). The predicted octanol–water partition coefficient (Wildman–Crippen LogP) is 5.02. The molecule has 7 nitrogen and oxygen atoms in total. The highest BCUT2D eigenvalue weighted by molar-refractivity contribution is 5.99. The van der Waals surface area contributed by atoms with Crippen LogP contribution in [0.15, 0.2) is 79.1 Å². The molecule has 7 heteroatoms. The number of hydrogen-bond donors (Lipinski definition) is 1. The summed E-state index contributed by atoms with van der Waals surface area (Å²) in [5, 5.41) is 7.85. The summed E-state index contributed by atoms with van der Waals surface area (Å²) in [7, 11) is 0. The molecule has 2 aromatic heterocycles. The van der Waals surface area contributed by atoms with Gasteiger partial charge in [0.15, 0.2) is 5.82 Å². The Labute approximate surface area is 211 Å². The summed E-state index contributed by atoms with van der Waals surface area (Å²) < 4.78 is 3.76. The van der Waals surface area contributed by atoms with Gasteiger partial charge in [-0.05, 0) is 62.1 Å². The number of aromatic nitrogens is 3. The van der Waals surface area contributed by atoms with Crippen LogP contribution in [-0.4, -0.2) is 44.2 Å². The van der Waals surface area contributed by atoms with Crippen LogP contribution in [0.3, 0.4) is 0 Å². The Morgan fingerprint density at radius 3 is 2.31 bits per heavy atom. The maximum Gasteiger partial charge on any atom is 0.259 e. The van der Waals surface area contributed by atoms with Crippen LogP contribution in [-0.2, 0) is 11.2 Å². The van der Waals surface area contributed by atoms with Crippen molar-refractivity contribution in [2.75, 3.05) is 18.4 Å². The molecule has 1 aliphatic rings. The molecule has 0 radical (unpaired) electrons. The Morgan fingerprint density at radius 1 is 0.944 bits per heavy atom. The van der Waals surface area contributed by atoms with Crippen molar-refractivity contribution in [3.05, 3.63) is 95.9 Å². The fourth-order valence-electron chi connectivity index (χ4n) is 4.92. The molecule has 2 amide bonds. The third-order valence-electron chi connectivity index (χ3n) is 6.91. The van der Waals surface area contributed by atoms with E-state index in [4.69, 9.17) is 5.10 Å². The van der Waals surface area contributed by atoms with Gasteiger partial charge in [0.25, 0.3) is 5.91 Å². The van der Waals surface area contributed by atoms with Crippen LogP contribution in [0.25, 0.3) is 11.5 Å². The molecule has 0 spiro atoms. The Bertz CT molecular complexity index is 1350. The zero-order chi connectivity index (χ0) is 25.1. The van der Waals surface area contributed by atoms with E-state index in [1.807, 2.05) is 100 Å². The average Bonchev–Trinajstić information content (AvgIpc) is 3.57. The highest BCUT2D eigenvalue weighted by atomic mass is 16.2. The number of nitrogens with zero attached hydrogens (tertiary/aromatic N) is 4. The number of carbonyl (C=O) groups is 2. The smallest absolute Gasteiger partial charge is 0.259 e. The number of piperidine rings is 1. The maximum absolute atomic E-state index is 13.8. The van der Waals surface area contributed by atoms with Gasteiger partial charge in [0.2, 0.25) is 5.91 Å². The molecule has 2 aromatic carbocycles. The van der Waals surface area contributed by atoms with E-state index in [2.05, 4.69) is 12.2 Å². The molecule has 1 aliphatic heterocycles. The van der Waals surface area contributed by atoms with Gasteiger partial charge in [0.05, 0.1) is 11.4 Å². The lowest BCUT2D eigenvalue weighted by Crippen LogP contribution is -2.42. The van der Waals surface area contributed by atoms with Crippen LogP contribution < -0.4 is 5.32 Å². The van der Waals surface area contributed by atoms with E-state index in [9.17, 15) is 9.59 Å². The van der Waals surface area contributed by atoms with E-state index < -0.39 is 0 Å². The van der Waals surface area contributed by atoms with Crippen LogP contribution in [0.4, 0.5) is 5.69 Å². The van der Waals surface area contributed by atoms with Crippen LogP contribution in [0.2, 0.25) is 0 Å². The lowest BCUT2D eigenvalue weighted by Gasteiger charge is -2.31. The molecule has 5 rings (SSSR count). The third kappa shape index (κ3) is 4.56. The second-order valence-electron chi connectivity index (χ2n) is 9.19. The van der Waals surface area contributed by atoms with Crippen LogP contribution in [0, 0.1) is 12.8 Å². The number of amides is 2. The monoisotopic (exact) mass is 481 g/mol. The normalized spacial score (nSPS) is 14.1. The molecule has 1 N–H and O–H groups in total. The fraction of sp³-hybridized carbons (Fsp3) is 0.276. The van der Waals surface area contributed by atoms with E-state index in [-0.39, 0.29) is 17.7 Å². The van der Waals surface area contributed by atoms with Gasteiger partial charge in [-0.1, -0.05) is 43.3 Å². The van der Waals surface area contributed by atoms with Crippen molar-refractivity contribution < 1.29 is 9.59 Å². The lowest BCUT2D eigenvalue weighted by atomic mass is 9.95. The quantitative estimate of drug-likeness (QED) is 0.420. The number of benzene rings is 2. The first-order chi connectivity index (χ1) is 17.6. The molecule has 1 saturated heterocycles. The highest BCUT2D eigenvalue weighted by Crippen LogP contribution is 2.27. The summed E-state index contributed by atoms with van der Waals surface area (Å²) in [6, 6.07) is 21.6. The zero-order valence-corrected chi connectivity index (χ0v) is 20.7. The summed E-state index contributed by atoms with van der Waals surface area (Å²) in [5.74, 6) is 0.596. The molecular formula is C29H31N5O2. The number of likely N-dealkylation sites (tertiary alicyclic amines) is 1. The van der Waals surface area contributed by atoms with E-state index in [0.29, 0.717) is 37.2 Å². The summed E-state index contributed by atoms with van der Waals surface area (Å²) in [6.07, 6.45) is 5.99. The number of para-hydroxylation sites is 2. The Morgan fingerprint density at radius 2 is 1.61 bits per heavy atom. The van der Waals surface area contributed by atoms with Crippen molar-refractivity contribution in [3.63, 3.8) is 0 Å². The van der Waals surface area contributed by atoms with Gasteiger partial charge < -0.3 is 14.8 Å². The lowest BCUT2D eigenvalue weighted by molar-refractivity contribution is -0.121. The van der Waals surface area contributed by atoms with Crippen molar-refractivity contribution in [2.45, 2.75) is 33.1 Å². The molecule has 4 aromatic rings. The molecule has 0 atom stereocenters. The van der Waals surface area contributed by atoms with Gasteiger partial charge in [-0.2, -0.15) is 5.10 Å². The van der Waals surface area contributed by atoms with Gasteiger partial charge in [-0.15, -0.1) is 0 Å². The SMILES string of the molecule is CCc1ccccc1NC(=O)C1CCN(C(=O)c2c(C)nn(-c3ccccc3)c2-n2cccc2)CC1. The van der Waals surface area contributed by atoms with Gasteiger partial charge in [0, 0.05) is 37.1 Å². The molecule has 1 fully saturated rings. The first kappa shape index (κ1) is 23.6. The van der Waals surface area contributed by atoms with Gasteiger partial charge in [-0.25, -0.2) is 4.68 Å². The van der Waals surface area contributed by atoms with E-state index in [0.717, 1.165) is 29.2 Å². The van der Waals surface area contributed by atoms with Gasteiger partial charge in [-0.3, -0.25) is 9.59 Å². The summed E-state index contributed by atoms with van der Waals surface area (Å²) in [5.41, 5.74) is 4.18. The molecule has 36 heavy (non-hydrogen) atoms. The summed E-state index contributed by atoms with van der Waals surface area (Å²) in [6.45, 7) is 5.03. The largest absolute Gasteiger partial charge is 0.338 e. The van der Waals surface area contributed by atoms with E-state index in [1.54, 1.807) is 0 Å². The van der Waals surface area contributed by atoms with E-state index in [1.165, 1.54) is 0 Å². The van der Waals surface area contributed by atoms with Crippen molar-refractivity contribution in [3.8, 4) is 11.5 Å². The van der Waals surface area contributed by atoms with Crippen molar-refractivity contribution in [1.29, 1.82) is 0 Å². The number of rotatable bonds is 6. The molecule has 0 aliphatic carbocycles. The molecule has 0 saturated carbocycles. The predicted molar refractivity (Wildman–Crippen MR) is 141 cm³/mol. The summed E-state index contributed by atoms with van der Waals surface area (Å²) >= 11 is 0. The Hall–Kier alpha value is -4.13. The van der Waals surface area contributed by atoms with Crippen LogP contribution in [0.5, 0.6) is 0 Å². The minimum atomic E-state index is -0.115. The van der Waals surface area contributed by atoms with Crippen LogP contribution in [0.1, 0.15) is 41.4 Å². The highest BCUT2D eigenvalue weighted by Gasteiger charge is 2.32. The second kappa shape index (κ2) is 10.2. The van der Waals surface area contributed by atoms with Crippen molar-refractivity contribution in [1.82, 2.24) is 19.2 Å². The Balaban J connectivity index is 1.34. The summed E-state index contributed by atoms with van der Waals surface area (Å²) in [4.78, 5) is 28.6. The maximum atomic E-state index is 13.8. The number of carbonyl (C=O) groups excluding carboxylic acids is 2. The van der Waals surface area contributed by atoms with Crippen molar-refractivity contribution in [2.24, 2.45) is 5.92 Å². The van der Waals surface area contributed by atoms with Gasteiger partial charge >= 0.3 is 0 Å². The topological polar surface area (TPSA) is 72.2 Å². The first-order valence-corrected chi connectivity index (χ1v) is 12.5. The third-order valence-corrected chi connectivity index (χ3v) is 6.91. The number of anilines is 1. The molecule has 0 bridgehead atoms. The number of hydrogen-bond acceptors (Lipinski definition) is 3. The van der Waals surface area contributed by atoms with Gasteiger partial charge in [0.1, 0.15) is 5.56 Å². The molecular weight excluding hydrogens is 450 g/mol. The second-order valence-corrected chi connectivity index (χ2v) is 9.19. The molecule has 3 heterocycles. The zero-order valence-electron chi connectivity index (χ0n) is 20.7. The average molecular weight is 482 g/mol. The molecule has 0 unspecified atom stereocenters. The Kier molecular flexibility index (Phi) is 6.71. The minimum Gasteiger partial charge on any atom is -0.338 e. The number of aryl methyl sites for hydroxylation is 2. The van der Waals surface area contributed by atoms with Crippen molar-refractivity contribution >= 4 is 17.5 Å². The first-order valence-electron chi connectivity index (χ1n) is 12.5. The minimum absolute atomic E-state index is 0.0316. The van der Waals surface area contributed by atoms with E-state index >= 15 is 0 Å². The molecule has 184 valence electrons.